The molecule has 0 aromatic heterocycles. The Morgan fingerprint density at radius 3 is 2.75 bits per heavy atom. The number of rotatable bonds is 5. The predicted molar refractivity (Wildman–Crippen MR) is 102 cm³/mol. The van der Waals surface area contributed by atoms with Crippen LogP contribution in [0.3, 0.4) is 0 Å². The van der Waals surface area contributed by atoms with E-state index >= 15 is 0 Å². The van der Waals surface area contributed by atoms with Gasteiger partial charge in [-0.15, -0.1) is 0 Å². The molecule has 1 saturated heterocycles. The van der Waals surface area contributed by atoms with Gasteiger partial charge in [0, 0.05) is 46.7 Å². The fraction of sp³-hybridized carbons (Fsp3) is 0.700. The lowest BCUT2D eigenvalue weighted by Crippen LogP contribution is -2.35. The van der Waals surface area contributed by atoms with Crippen molar-refractivity contribution in [1.82, 2.24) is 0 Å². The number of hydrogen-bond donors (Lipinski definition) is 1. The lowest BCUT2D eigenvalue weighted by atomic mass is 9.78. The van der Waals surface area contributed by atoms with Crippen molar-refractivity contribution in [1.29, 1.82) is 0 Å². The number of anilines is 1. The molecule has 1 saturated carbocycles. The summed E-state index contributed by atoms with van der Waals surface area (Å²) < 4.78 is 18.0. The molecular formula is C20H31NO2S. The van der Waals surface area contributed by atoms with Crippen LogP contribution in [0.25, 0.3) is 0 Å². The molecule has 0 spiro atoms. The summed E-state index contributed by atoms with van der Waals surface area (Å²) in [4.78, 5) is 0. The van der Waals surface area contributed by atoms with Crippen molar-refractivity contribution in [3.63, 3.8) is 0 Å². The van der Waals surface area contributed by atoms with E-state index in [1.165, 1.54) is 30.5 Å². The summed E-state index contributed by atoms with van der Waals surface area (Å²) in [5.74, 6) is 2.16. The van der Waals surface area contributed by atoms with E-state index in [9.17, 15) is 4.21 Å². The third kappa shape index (κ3) is 4.60. The molecule has 0 radical (unpaired) electrons. The summed E-state index contributed by atoms with van der Waals surface area (Å²) in [5.41, 5.74) is 2.36. The third-order valence-electron chi connectivity index (χ3n) is 5.83. The monoisotopic (exact) mass is 349 g/mol. The van der Waals surface area contributed by atoms with Gasteiger partial charge in [0.05, 0.1) is 0 Å². The molecule has 3 rings (SSSR count). The summed E-state index contributed by atoms with van der Waals surface area (Å²) in [6.45, 7) is 6.25. The molecule has 4 heteroatoms. The van der Waals surface area contributed by atoms with Crippen molar-refractivity contribution >= 4 is 16.5 Å². The molecule has 4 atom stereocenters. The van der Waals surface area contributed by atoms with E-state index in [4.69, 9.17) is 4.74 Å². The topological polar surface area (TPSA) is 38.3 Å². The summed E-state index contributed by atoms with van der Waals surface area (Å²) >= 11 is 0. The lowest BCUT2D eigenvalue weighted by molar-refractivity contribution is 0.0992. The standard InChI is InChI=1S/C20H31NO2S/c1-15-5-3-8-20(16(15)2)21-18-7-4-6-17(13-18)14-24(22)19-9-11-23-12-10-19/h4,6-7,13,15-16,19-21H,3,5,8-12,14H2,1-2H3/t15-,16+,20+,24-/m1/s1. The van der Waals surface area contributed by atoms with Crippen molar-refractivity contribution in [3.05, 3.63) is 29.8 Å². The first-order valence-corrected chi connectivity index (χ1v) is 10.8. The Bertz CT molecular complexity index is 556. The molecule has 0 unspecified atom stereocenters. The highest BCUT2D eigenvalue weighted by molar-refractivity contribution is 7.84. The van der Waals surface area contributed by atoms with Gasteiger partial charge in [-0.2, -0.15) is 0 Å². The van der Waals surface area contributed by atoms with Crippen LogP contribution in [0.1, 0.15) is 51.5 Å². The highest BCUT2D eigenvalue weighted by atomic mass is 32.2. The van der Waals surface area contributed by atoms with Crippen LogP contribution in [0, 0.1) is 11.8 Å². The maximum atomic E-state index is 12.6. The van der Waals surface area contributed by atoms with Crippen LogP contribution >= 0.6 is 0 Å². The second-order valence-electron chi connectivity index (χ2n) is 7.56. The van der Waals surface area contributed by atoms with E-state index in [2.05, 4.69) is 43.4 Å². The highest BCUT2D eigenvalue weighted by Crippen LogP contribution is 2.31. The second kappa shape index (κ2) is 8.48. The number of nitrogens with one attached hydrogen (secondary N) is 1. The zero-order valence-electron chi connectivity index (χ0n) is 15.0. The zero-order chi connectivity index (χ0) is 16.9. The molecule has 1 aromatic rings. The molecular weight excluding hydrogens is 318 g/mol. The zero-order valence-corrected chi connectivity index (χ0v) is 15.8. The minimum atomic E-state index is -0.793. The first-order valence-electron chi connectivity index (χ1n) is 9.44. The van der Waals surface area contributed by atoms with Crippen LogP contribution in [0.2, 0.25) is 0 Å². The van der Waals surface area contributed by atoms with Gasteiger partial charge in [-0.25, -0.2) is 0 Å². The van der Waals surface area contributed by atoms with Crippen LogP contribution < -0.4 is 5.32 Å². The summed E-state index contributed by atoms with van der Waals surface area (Å²) in [6, 6.07) is 9.10. The fourth-order valence-electron chi connectivity index (χ4n) is 3.97. The van der Waals surface area contributed by atoms with Crippen LogP contribution in [-0.2, 0) is 21.3 Å². The van der Waals surface area contributed by atoms with Gasteiger partial charge in [0.2, 0.25) is 0 Å². The maximum Gasteiger partial charge on any atom is 0.0489 e. The number of benzene rings is 1. The largest absolute Gasteiger partial charge is 0.382 e. The van der Waals surface area contributed by atoms with Crippen LogP contribution in [0.5, 0.6) is 0 Å². The number of hydrogen-bond acceptors (Lipinski definition) is 3. The van der Waals surface area contributed by atoms with Crippen molar-refractivity contribution < 1.29 is 8.95 Å². The van der Waals surface area contributed by atoms with E-state index in [0.717, 1.165) is 32.0 Å². The van der Waals surface area contributed by atoms with Crippen molar-refractivity contribution in [3.8, 4) is 0 Å². The Labute approximate surface area is 149 Å². The van der Waals surface area contributed by atoms with E-state index in [0.29, 0.717) is 23.0 Å². The average Bonchev–Trinajstić information content (AvgIpc) is 2.60. The molecule has 134 valence electrons. The smallest absolute Gasteiger partial charge is 0.0489 e. The minimum Gasteiger partial charge on any atom is -0.382 e. The minimum absolute atomic E-state index is 0.301. The van der Waals surface area contributed by atoms with Crippen molar-refractivity contribution in [2.24, 2.45) is 11.8 Å². The second-order valence-corrected chi connectivity index (χ2v) is 9.27. The molecule has 1 aromatic carbocycles. The number of ether oxygens (including phenoxy) is 1. The Balaban J connectivity index is 1.60. The molecule has 2 fully saturated rings. The van der Waals surface area contributed by atoms with Crippen LogP contribution in [0.4, 0.5) is 5.69 Å². The van der Waals surface area contributed by atoms with Gasteiger partial charge >= 0.3 is 0 Å². The third-order valence-corrected chi connectivity index (χ3v) is 7.67. The summed E-state index contributed by atoms with van der Waals surface area (Å²) in [7, 11) is -0.793. The van der Waals surface area contributed by atoms with Gasteiger partial charge in [0.25, 0.3) is 0 Å². The van der Waals surface area contributed by atoms with Gasteiger partial charge in [0.15, 0.2) is 0 Å². The van der Waals surface area contributed by atoms with Gasteiger partial charge in [-0.3, -0.25) is 4.21 Å². The Morgan fingerprint density at radius 2 is 1.96 bits per heavy atom. The molecule has 1 heterocycles. The fourth-order valence-corrected chi connectivity index (χ4v) is 5.43. The molecule has 0 bridgehead atoms. The van der Waals surface area contributed by atoms with Crippen LogP contribution in [-0.4, -0.2) is 28.7 Å². The van der Waals surface area contributed by atoms with Gasteiger partial charge < -0.3 is 10.1 Å². The average molecular weight is 350 g/mol. The summed E-state index contributed by atoms with van der Waals surface area (Å²) in [5, 5.41) is 4.04. The first-order chi connectivity index (χ1) is 11.6. The Morgan fingerprint density at radius 1 is 1.17 bits per heavy atom. The molecule has 1 aliphatic carbocycles. The molecule has 1 aliphatic heterocycles. The van der Waals surface area contributed by atoms with Crippen molar-refractivity contribution in [2.45, 2.75) is 63.0 Å². The SMILES string of the molecule is C[C@H]1[C@H](C)CCC[C@@H]1Nc1cccc(C[S@@](=O)C2CCOCC2)c1. The summed E-state index contributed by atoms with van der Waals surface area (Å²) in [6.07, 6.45) is 5.79. The lowest BCUT2D eigenvalue weighted by Gasteiger charge is -2.35. The van der Waals surface area contributed by atoms with Gasteiger partial charge in [-0.05, 0) is 48.8 Å². The van der Waals surface area contributed by atoms with Crippen LogP contribution in [0.15, 0.2) is 24.3 Å². The molecule has 0 amide bonds. The van der Waals surface area contributed by atoms with Gasteiger partial charge in [0.1, 0.15) is 0 Å². The first kappa shape index (κ1) is 17.9. The normalized spacial score (nSPS) is 30.0. The van der Waals surface area contributed by atoms with E-state index in [1.807, 2.05) is 0 Å². The van der Waals surface area contributed by atoms with Gasteiger partial charge in [-0.1, -0.05) is 38.8 Å². The molecule has 3 nitrogen and oxygen atoms in total. The predicted octanol–water partition coefficient (Wildman–Crippen LogP) is 4.35. The Hall–Kier alpha value is -0.870. The van der Waals surface area contributed by atoms with E-state index in [-0.39, 0.29) is 0 Å². The molecule has 1 N–H and O–H groups in total. The Kier molecular flexibility index (Phi) is 6.34. The van der Waals surface area contributed by atoms with Crippen molar-refractivity contribution in [2.75, 3.05) is 18.5 Å². The molecule has 2 aliphatic rings. The highest BCUT2D eigenvalue weighted by Gasteiger charge is 2.27. The molecule has 24 heavy (non-hydrogen) atoms. The quantitative estimate of drug-likeness (QED) is 0.859. The van der Waals surface area contributed by atoms with E-state index in [1.54, 1.807) is 0 Å². The van der Waals surface area contributed by atoms with E-state index < -0.39 is 10.8 Å². The maximum absolute atomic E-state index is 12.6.